The first-order valence-electron chi connectivity index (χ1n) is 14.0. The molecule has 1 amide bonds. The lowest BCUT2D eigenvalue weighted by atomic mass is 9.90. The Bertz CT molecular complexity index is 2050. The molecular formula is C34H27F5N2O5. The average Bonchev–Trinajstić information content (AvgIpc) is 3.00. The molecule has 5 rings (SSSR count). The molecule has 0 aliphatic carbocycles. The van der Waals surface area contributed by atoms with Gasteiger partial charge in [-0.2, -0.15) is 13.2 Å². The largest absolute Gasteiger partial charge is 0.480 e. The monoisotopic (exact) mass is 638 g/mol. The second-order valence-corrected chi connectivity index (χ2v) is 10.8. The van der Waals surface area contributed by atoms with Gasteiger partial charge in [0, 0.05) is 26.0 Å². The molecule has 4 aromatic carbocycles. The molecule has 0 radical (unpaired) electrons. The van der Waals surface area contributed by atoms with Crippen molar-refractivity contribution < 1.29 is 41.4 Å². The van der Waals surface area contributed by atoms with E-state index < -0.39 is 70.5 Å². The molecule has 0 saturated heterocycles. The third kappa shape index (κ3) is 5.83. The number of nitrogens with one attached hydrogen (secondary N) is 1. The molecule has 0 aliphatic heterocycles. The predicted molar refractivity (Wildman–Crippen MR) is 162 cm³/mol. The maximum atomic E-state index is 14.8. The summed E-state index contributed by atoms with van der Waals surface area (Å²) in [5.41, 5.74) is -3.04. The topological polar surface area (TPSA) is 97.6 Å². The van der Waals surface area contributed by atoms with Crippen molar-refractivity contribution in [3.05, 3.63) is 117 Å². The van der Waals surface area contributed by atoms with Gasteiger partial charge < -0.3 is 19.7 Å². The van der Waals surface area contributed by atoms with Gasteiger partial charge in [-0.3, -0.25) is 9.59 Å². The fraction of sp³-hybridized carbons (Fsp3) is 0.206. The van der Waals surface area contributed by atoms with Crippen molar-refractivity contribution in [2.24, 2.45) is 7.05 Å². The van der Waals surface area contributed by atoms with Crippen LogP contribution in [0.3, 0.4) is 0 Å². The van der Waals surface area contributed by atoms with Crippen molar-refractivity contribution in [2.45, 2.75) is 31.7 Å². The number of ether oxygens (including phenoxy) is 1. The van der Waals surface area contributed by atoms with Crippen molar-refractivity contribution in [3.8, 4) is 11.1 Å². The molecule has 1 heterocycles. The number of para-hydroxylation sites is 1. The van der Waals surface area contributed by atoms with Crippen LogP contribution in [-0.2, 0) is 29.2 Å². The summed E-state index contributed by atoms with van der Waals surface area (Å²) in [6, 6.07) is 14.7. The van der Waals surface area contributed by atoms with Gasteiger partial charge in [-0.25, -0.2) is 13.6 Å². The number of hydrogen-bond acceptors (Lipinski definition) is 4. The van der Waals surface area contributed by atoms with E-state index in [0.717, 1.165) is 16.7 Å². The molecule has 0 unspecified atom stereocenters. The van der Waals surface area contributed by atoms with Crippen LogP contribution in [0.15, 0.2) is 77.6 Å². The normalized spacial score (nSPS) is 13.1. The number of amides is 1. The molecule has 12 heteroatoms. The maximum Gasteiger partial charge on any atom is 0.417 e. The quantitative estimate of drug-likeness (QED) is 0.183. The number of carbonyl (C=O) groups excluding carboxylic acids is 1. The maximum absolute atomic E-state index is 14.8. The van der Waals surface area contributed by atoms with E-state index >= 15 is 0 Å². The van der Waals surface area contributed by atoms with Crippen LogP contribution in [-0.4, -0.2) is 34.7 Å². The molecule has 0 bridgehead atoms. The molecule has 2 atom stereocenters. The van der Waals surface area contributed by atoms with Gasteiger partial charge in [-0.05, 0) is 52.6 Å². The Morgan fingerprint density at radius 3 is 2.17 bits per heavy atom. The van der Waals surface area contributed by atoms with Crippen LogP contribution >= 0.6 is 0 Å². The van der Waals surface area contributed by atoms with E-state index in [0.29, 0.717) is 10.9 Å². The van der Waals surface area contributed by atoms with Crippen LogP contribution in [0.5, 0.6) is 0 Å². The number of alkyl halides is 3. The fourth-order valence-electron chi connectivity index (χ4n) is 5.64. The van der Waals surface area contributed by atoms with Crippen molar-refractivity contribution in [1.82, 2.24) is 9.88 Å². The number of aliphatic carboxylic acids is 1. The highest BCUT2D eigenvalue weighted by atomic mass is 19.4. The van der Waals surface area contributed by atoms with Crippen molar-refractivity contribution in [3.63, 3.8) is 0 Å². The van der Waals surface area contributed by atoms with Gasteiger partial charge >= 0.3 is 12.1 Å². The number of carbonyl (C=O) groups is 2. The van der Waals surface area contributed by atoms with Gasteiger partial charge in [-0.1, -0.05) is 54.6 Å². The van der Waals surface area contributed by atoms with E-state index in [1.54, 1.807) is 13.0 Å². The summed E-state index contributed by atoms with van der Waals surface area (Å²) in [6.45, 7) is 1.55. The van der Waals surface area contributed by atoms with Crippen LogP contribution in [0.1, 0.15) is 40.1 Å². The fourth-order valence-corrected chi connectivity index (χ4v) is 5.64. The molecule has 46 heavy (non-hydrogen) atoms. The lowest BCUT2D eigenvalue weighted by Gasteiger charge is -2.20. The first kappa shape index (κ1) is 32.3. The highest BCUT2D eigenvalue weighted by Crippen LogP contribution is 2.42. The van der Waals surface area contributed by atoms with E-state index in [-0.39, 0.29) is 27.4 Å². The first-order chi connectivity index (χ1) is 21.7. The molecule has 5 aromatic rings. The average molecular weight is 639 g/mol. The summed E-state index contributed by atoms with van der Waals surface area (Å²) >= 11 is 0. The van der Waals surface area contributed by atoms with Gasteiger partial charge in [0.1, 0.15) is 23.2 Å². The van der Waals surface area contributed by atoms with Crippen LogP contribution in [0.4, 0.5) is 22.0 Å². The zero-order valence-electron chi connectivity index (χ0n) is 24.7. The minimum Gasteiger partial charge on any atom is -0.480 e. The number of pyridine rings is 1. The number of nitrogens with zero attached hydrogens (tertiary/aromatic N) is 1. The molecule has 2 N–H and O–H groups in total. The Morgan fingerprint density at radius 2 is 1.54 bits per heavy atom. The second kappa shape index (κ2) is 12.4. The van der Waals surface area contributed by atoms with Gasteiger partial charge in [0.2, 0.25) is 0 Å². The van der Waals surface area contributed by atoms with Crippen molar-refractivity contribution >= 4 is 33.6 Å². The van der Waals surface area contributed by atoms with Crippen molar-refractivity contribution in [2.75, 3.05) is 7.11 Å². The molecule has 1 aromatic heterocycles. The lowest BCUT2D eigenvalue weighted by molar-refractivity contribution is -0.139. The Morgan fingerprint density at radius 1 is 0.935 bits per heavy atom. The smallest absolute Gasteiger partial charge is 0.417 e. The standard InChI is InChI=1S/C34H27F5N2O5/c1-17(46-3)19-14-24(35)29(25(36)15-19)31(42)40-26(33(44)45)16-18-8-6-11-21-20(18)10-7-12-22(21)28-30(34(37,38)39)23-9-4-5-13-27(23)41(2)32(28)43/h4-15,17,26H,16H2,1-3H3,(H,40,42)(H,44,45)/t17-,26+/m1/s1. The Hall–Kier alpha value is -5.10. The second-order valence-electron chi connectivity index (χ2n) is 10.8. The van der Waals surface area contributed by atoms with Crippen LogP contribution in [0.2, 0.25) is 0 Å². The van der Waals surface area contributed by atoms with Gasteiger partial charge in [0.05, 0.1) is 22.7 Å². The summed E-state index contributed by atoms with van der Waals surface area (Å²) in [5.74, 6) is -5.26. The summed E-state index contributed by atoms with van der Waals surface area (Å²) in [5, 5.41) is 12.5. The van der Waals surface area contributed by atoms with Gasteiger partial charge in [0.15, 0.2) is 0 Å². The SMILES string of the molecule is CO[C@H](C)c1cc(F)c(C(=O)N[C@@H](Cc2cccc3c(-c4c(C(F)(F)F)c5ccccc5n(C)c4=O)cccc23)C(=O)O)c(F)c1. The Labute approximate surface area is 258 Å². The number of carboxylic acid groups (broad SMARTS) is 1. The van der Waals surface area contributed by atoms with Crippen LogP contribution in [0.25, 0.3) is 32.8 Å². The predicted octanol–water partition coefficient (Wildman–Crippen LogP) is 6.79. The third-order valence-corrected chi connectivity index (χ3v) is 8.01. The molecule has 238 valence electrons. The van der Waals surface area contributed by atoms with E-state index in [2.05, 4.69) is 5.32 Å². The highest BCUT2D eigenvalue weighted by molar-refractivity contribution is 6.02. The molecule has 0 fully saturated rings. The summed E-state index contributed by atoms with van der Waals surface area (Å²) < 4.78 is 79.6. The summed E-state index contributed by atoms with van der Waals surface area (Å²) in [7, 11) is 2.72. The minimum absolute atomic E-state index is 0.0246. The molecule has 7 nitrogen and oxygen atoms in total. The molecular weight excluding hydrogens is 611 g/mol. The number of methoxy groups -OCH3 is 1. The number of carboxylic acids is 1. The zero-order chi connectivity index (χ0) is 33.5. The molecule has 0 spiro atoms. The van der Waals surface area contributed by atoms with E-state index in [1.165, 1.54) is 68.8 Å². The highest BCUT2D eigenvalue weighted by Gasteiger charge is 2.38. The molecule has 0 saturated carbocycles. The first-order valence-corrected chi connectivity index (χ1v) is 14.0. The Balaban J connectivity index is 1.59. The number of rotatable bonds is 8. The van der Waals surface area contributed by atoms with E-state index in [9.17, 15) is 41.4 Å². The molecule has 0 aliphatic rings. The zero-order valence-corrected chi connectivity index (χ0v) is 24.7. The van der Waals surface area contributed by atoms with Crippen molar-refractivity contribution in [1.29, 1.82) is 0 Å². The van der Waals surface area contributed by atoms with Gasteiger partial charge in [-0.15, -0.1) is 0 Å². The van der Waals surface area contributed by atoms with Crippen LogP contribution < -0.4 is 10.9 Å². The minimum atomic E-state index is -4.90. The number of fused-ring (bicyclic) bond motifs is 2. The summed E-state index contributed by atoms with van der Waals surface area (Å²) in [6.07, 6.45) is -5.97. The number of halogens is 5. The number of benzene rings is 4. The number of aromatic nitrogens is 1. The van der Waals surface area contributed by atoms with E-state index in [4.69, 9.17) is 4.74 Å². The van der Waals surface area contributed by atoms with Gasteiger partial charge in [0.25, 0.3) is 11.5 Å². The number of hydrogen-bond donors (Lipinski definition) is 2. The lowest BCUT2D eigenvalue weighted by Crippen LogP contribution is -2.43. The summed E-state index contributed by atoms with van der Waals surface area (Å²) in [4.78, 5) is 38.6. The third-order valence-electron chi connectivity index (χ3n) is 8.01. The number of aryl methyl sites for hydroxylation is 1. The van der Waals surface area contributed by atoms with Crippen LogP contribution in [0, 0.1) is 11.6 Å². The Kier molecular flexibility index (Phi) is 8.68. The van der Waals surface area contributed by atoms with E-state index in [1.807, 2.05) is 0 Å².